The highest BCUT2D eigenvalue weighted by atomic mass is 16.5. The summed E-state index contributed by atoms with van der Waals surface area (Å²) in [5, 5.41) is 14.3. The molecule has 0 heterocycles. The van der Waals surface area contributed by atoms with Crippen LogP contribution in [0.2, 0.25) is 0 Å². The first-order chi connectivity index (χ1) is 11.6. The molecule has 4 N–H and O–H groups in total. The maximum atomic E-state index is 11.7. The molecule has 0 aliphatic heterocycles. The van der Waals surface area contributed by atoms with Crippen LogP contribution in [0, 0.1) is 0 Å². The van der Waals surface area contributed by atoms with Crippen molar-refractivity contribution in [3.05, 3.63) is 50.8 Å². The Bertz CT molecular complexity index is 736. The van der Waals surface area contributed by atoms with Crippen molar-refractivity contribution in [1.29, 1.82) is 0 Å². The van der Waals surface area contributed by atoms with E-state index < -0.39 is 10.9 Å². The Kier molecular flexibility index (Phi) is 6.51. The van der Waals surface area contributed by atoms with Crippen LogP contribution in [0.5, 0.6) is 0 Å². The molecule has 0 bridgehead atoms. The first-order valence-electron chi connectivity index (χ1n) is 7.95. The van der Waals surface area contributed by atoms with Crippen molar-refractivity contribution < 1.29 is 10.0 Å². The average molecular weight is 331 g/mol. The molecule has 2 aromatic rings. The number of hydrogen-bond donors (Lipinski definition) is 4. The fourth-order valence-corrected chi connectivity index (χ4v) is 2.38. The number of carbonyl (C=O) groups excluding carboxylic acids is 1. The predicted octanol–water partition coefficient (Wildman–Crippen LogP) is 1.89. The van der Waals surface area contributed by atoms with Crippen molar-refractivity contribution in [1.82, 2.24) is 5.48 Å². The Balaban J connectivity index is 1.74. The van der Waals surface area contributed by atoms with E-state index in [0.717, 1.165) is 24.9 Å². The number of rotatable bonds is 10. The number of carbonyl (C=O) groups is 1. The van der Waals surface area contributed by atoms with Gasteiger partial charge in [-0.3, -0.25) is 19.6 Å². The van der Waals surface area contributed by atoms with Crippen molar-refractivity contribution in [2.45, 2.75) is 32.1 Å². The van der Waals surface area contributed by atoms with Crippen molar-refractivity contribution >= 4 is 23.0 Å². The van der Waals surface area contributed by atoms with Gasteiger partial charge in [-0.05, 0) is 25.0 Å². The second-order valence-corrected chi connectivity index (χ2v) is 5.53. The smallest absolute Gasteiger partial charge is 0.253 e. The number of benzene rings is 1. The fourth-order valence-electron chi connectivity index (χ4n) is 2.38. The Morgan fingerprint density at radius 2 is 1.58 bits per heavy atom. The number of nitrogens with one attached hydrogen (secondary N) is 3. The molecule has 0 unspecified atom stereocenters. The molecule has 0 saturated carbocycles. The molecule has 0 aliphatic carbocycles. The summed E-state index contributed by atoms with van der Waals surface area (Å²) in [6.45, 7) is 0.584. The van der Waals surface area contributed by atoms with Crippen molar-refractivity contribution in [2.75, 3.05) is 17.2 Å². The molecule has 0 aliphatic rings. The minimum atomic E-state index is -0.503. The first-order valence-corrected chi connectivity index (χ1v) is 7.95. The van der Waals surface area contributed by atoms with Gasteiger partial charge in [-0.1, -0.05) is 31.0 Å². The number of anilines is 3. The summed E-state index contributed by atoms with van der Waals surface area (Å²) >= 11 is 0. The van der Waals surface area contributed by atoms with Crippen LogP contribution in [0.4, 0.5) is 17.1 Å². The summed E-state index contributed by atoms with van der Waals surface area (Å²) in [5.74, 6) is -0.381. The number of unbranched alkanes of at least 4 members (excludes halogenated alkanes) is 3. The largest absolute Gasteiger partial charge is 0.380 e. The first kappa shape index (κ1) is 17.7. The Labute approximate surface area is 139 Å². The quantitative estimate of drug-likeness (QED) is 0.229. The van der Waals surface area contributed by atoms with Gasteiger partial charge in [-0.25, -0.2) is 5.48 Å². The molecule has 24 heavy (non-hydrogen) atoms. The highest BCUT2D eigenvalue weighted by Crippen LogP contribution is 2.20. The van der Waals surface area contributed by atoms with Crippen LogP contribution >= 0.6 is 0 Å². The van der Waals surface area contributed by atoms with E-state index in [4.69, 9.17) is 5.21 Å². The third-order valence-corrected chi connectivity index (χ3v) is 3.71. The molecule has 7 nitrogen and oxygen atoms in total. The molecule has 7 heteroatoms. The number of para-hydroxylation sites is 1. The lowest BCUT2D eigenvalue weighted by molar-refractivity contribution is -0.129. The summed E-state index contributed by atoms with van der Waals surface area (Å²) in [4.78, 5) is 34.2. The molecular weight excluding hydrogens is 310 g/mol. The maximum absolute atomic E-state index is 11.7. The maximum Gasteiger partial charge on any atom is 0.253 e. The Hall–Kier alpha value is -2.67. The molecule has 0 atom stereocenters. The molecular formula is C17H21N3O4. The molecule has 0 fully saturated rings. The Morgan fingerprint density at radius 1 is 0.917 bits per heavy atom. The SMILES string of the molecule is O=C(CCCCCCNc1c(Nc2ccccc2)c(=O)c1=O)NO. The van der Waals surface area contributed by atoms with Gasteiger partial charge in [0.15, 0.2) is 0 Å². The normalized spacial score (nSPS) is 10.5. The van der Waals surface area contributed by atoms with Crippen LogP contribution in [-0.2, 0) is 4.79 Å². The van der Waals surface area contributed by atoms with Crippen LogP contribution < -0.4 is 27.0 Å². The second kappa shape index (κ2) is 8.83. The van der Waals surface area contributed by atoms with Crippen LogP contribution in [0.1, 0.15) is 32.1 Å². The van der Waals surface area contributed by atoms with Gasteiger partial charge in [-0.2, -0.15) is 0 Å². The zero-order valence-corrected chi connectivity index (χ0v) is 13.3. The topological polar surface area (TPSA) is 108 Å². The third-order valence-electron chi connectivity index (χ3n) is 3.71. The standard InChI is InChI=1S/C17H21N3O4/c21-13(20-24)10-6-1-2-7-11-18-14-15(17(23)16(14)22)19-12-8-4-3-5-9-12/h3-5,8-9,18-19,24H,1-2,6-7,10-11H2,(H,20,21). The van der Waals surface area contributed by atoms with Crippen LogP contribution in [-0.4, -0.2) is 17.7 Å². The number of hydroxylamine groups is 1. The van der Waals surface area contributed by atoms with E-state index in [0.29, 0.717) is 30.8 Å². The molecule has 2 rings (SSSR count). The molecule has 1 amide bonds. The highest BCUT2D eigenvalue weighted by Gasteiger charge is 2.20. The second-order valence-electron chi connectivity index (χ2n) is 5.53. The zero-order chi connectivity index (χ0) is 17.4. The lowest BCUT2D eigenvalue weighted by Crippen LogP contribution is -2.36. The minimum Gasteiger partial charge on any atom is -0.380 e. The van der Waals surface area contributed by atoms with Crippen molar-refractivity contribution in [2.24, 2.45) is 0 Å². The highest BCUT2D eigenvalue weighted by molar-refractivity contribution is 5.78. The summed E-state index contributed by atoms with van der Waals surface area (Å²) < 4.78 is 0. The molecule has 0 radical (unpaired) electrons. The molecule has 2 aromatic carbocycles. The predicted molar refractivity (Wildman–Crippen MR) is 92.6 cm³/mol. The van der Waals surface area contributed by atoms with Crippen LogP contribution in [0.3, 0.4) is 0 Å². The van der Waals surface area contributed by atoms with Crippen LogP contribution in [0.15, 0.2) is 39.9 Å². The monoisotopic (exact) mass is 331 g/mol. The van der Waals surface area contributed by atoms with Gasteiger partial charge in [-0.15, -0.1) is 0 Å². The van der Waals surface area contributed by atoms with Crippen molar-refractivity contribution in [3.63, 3.8) is 0 Å². The van der Waals surface area contributed by atoms with Gasteiger partial charge >= 0.3 is 0 Å². The summed E-state index contributed by atoms with van der Waals surface area (Å²) in [7, 11) is 0. The fraction of sp³-hybridized carbons (Fsp3) is 0.353. The molecule has 0 saturated heterocycles. The molecule has 128 valence electrons. The molecule has 0 spiro atoms. The van der Waals surface area contributed by atoms with E-state index in [9.17, 15) is 14.4 Å². The number of hydrogen-bond acceptors (Lipinski definition) is 6. The van der Waals surface area contributed by atoms with Crippen molar-refractivity contribution in [3.8, 4) is 0 Å². The molecule has 0 aromatic heterocycles. The lowest BCUT2D eigenvalue weighted by atomic mass is 10.1. The van der Waals surface area contributed by atoms with Gasteiger partial charge in [0.1, 0.15) is 11.4 Å². The third kappa shape index (κ3) is 4.66. The van der Waals surface area contributed by atoms with E-state index in [2.05, 4.69) is 10.6 Å². The minimum absolute atomic E-state index is 0.299. The van der Waals surface area contributed by atoms with Gasteiger partial charge in [0.05, 0.1) is 0 Å². The number of amides is 1. The lowest BCUT2D eigenvalue weighted by Gasteiger charge is -2.14. The zero-order valence-electron chi connectivity index (χ0n) is 13.3. The van der Waals surface area contributed by atoms with Gasteiger partial charge in [0.2, 0.25) is 5.91 Å². The summed E-state index contributed by atoms with van der Waals surface area (Å²) in [6, 6.07) is 9.21. The van der Waals surface area contributed by atoms with Crippen LogP contribution in [0.25, 0.3) is 0 Å². The summed E-state index contributed by atoms with van der Waals surface area (Å²) in [6.07, 6.45) is 3.57. The summed E-state index contributed by atoms with van der Waals surface area (Å²) in [5.41, 5.74) is 2.01. The average Bonchev–Trinajstić information content (AvgIpc) is 2.62. The van der Waals surface area contributed by atoms with E-state index in [1.807, 2.05) is 30.3 Å². The van der Waals surface area contributed by atoms with E-state index in [-0.39, 0.29) is 5.91 Å². The van der Waals surface area contributed by atoms with Gasteiger partial charge in [0, 0.05) is 18.7 Å². The Morgan fingerprint density at radius 3 is 2.29 bits per heavy atom. The van der Waals surface area contributed by atoms with Gasteiger partial charge < -0.3 is 10.6 Å². The van der Waals surface area contributed by atoms with E-state index in [1.54, 1.807) is 5.48 Å². The van der Waals surface area contributed by atoms with E-state index in [1.165, 1.54) is 0 Å². The van der Waals surface area contributed by atoms with E-state index >= 15 is 0 Å². The van der Waals surface area contributed by atoms with Gasteiger partial charge in [0.25, 0.3) is 10.9 Å².